The number of allylic oxidation sites excluding steroid dienone is 1. The molecule has 2 aromatic rings. The first-order chi connectivity index (χ1) is 22.2. The van der Waals surface area contributed by atoms with E-state index in [4.69, 9.17) is 23.2 Å². The number of carboxylic acids is 2. The molecule has 0 saturated carbocycles. The number of nitrogens with zero attached hydrogens (tertiary/aromatic N) is 4. The minimum atomic E-state index is -1.34. The Hall–Kier alpha value is -2.96. The standard InChI is InChI=1S/C33H41Cl2N5O5S/c34-22-7-6-8-23(35)28(22)31-29(32(42)43)24(9-10-26-36-11-20-46-26)37-25(30(31)33(44)45)21-27(41)40-18-16-39(17-19-40)15-5-4-14-38-12-2-1-3-13-38/h6-8,11,20,31,37H,1-5,9-10,12-19,21H2,(H,42,43)(H,44,45). The van der Waals surface area contributed by atoms with Crippen LogP contribution in [0.1, 0.15) is 61.4 Å². The van der Waals surface area contributed by atoms with E-state index in [2.05, 4.69) is 20.1 Å². The molecule has 2 saturated heterocycles. The van der Waals surface area contributed by atoms with Crippen molar-refractivity contribution < 1.29 is 24.6 Å². The smallest absolute Gasteiger partial charge is 0.334 e. The molecule has 46 heavy (non-hydrogen) atoms. The fourth-order valence-electron chi connectivity index (χ4n) is 6.67. The Balaban J connectivity index is 1.31. The molecule has 1 aromatic carbocycles. The average Bonchev–Trinajstić information content (AvgIpc) is 3.56. The van der Waals surface area contributed by atoms with Crippen molar-refractivity contribution in [3.63, 3.8) is 0 Å². The summed E-state index contributed by atoms with van der Waals surface area (Å²) in [6.07, 6.45) is 8.37. The highest BCUT2D eigenvalue weighted by Gasteiger charge is 2.41. The first kappa shape index (κ1) is 34.4. The molecule has 1 amide bonds. The Morgan fingerprint density at radius 1 is 0.848 bits per heavy atom. The maximum Gasteiger partial charge on any atom is 0.334 e. The highest BCUT2D eigenvalue weighted by Crippen LogP contribution is 2.45. The molecule has 1 unspecified atom stereocenters. The number of likely N-dealkylation sites (tertiary alicyclic amines) is 1. The summed E-state index contributed by atoms with van der Waals surface area (Å²) in [5.74, 6) is -4.14. The van der Waals surface area contributed by atoms with Crippen molar-refractivity contribution in [2.24, 2.45) is 0 Å². The molecule has 0 bridgehead atoms. The Kier molecular flexibility index (Phi) is 12.1. The molecule has 3 N–H and O–H groups in total. The highest BCUT2D eigenvalue weighted by molar-refractivity contribution is 7.09. The van der Waals surface area contributed by atoms with Crippen molar-refractivity contribution in [3.8, 4) is 0 Å². The first-order valence-electron chi connectivity index (χ1n) is 16.0. The van der Waals surface area contributed by atoms with Gasteiger partial charge < -0.3 is 25.3 Å². The summed E-state index contributed by atoms with van der Waals surface area (Å²) in [6, 6.07) is 4.72. The third-order valence-corrected chi connectivity index (χ3v) is 10.5. The maximum atomic E-state index is 13.7. The summed E-state index contributed by atoms with van der Waals surface area (Å²) in [7, 11) is 0. The Bertz CT molecular complexity index is 1450. The van der Waals surface area contributed by atoms with E-state index in [1.165, 1.54) is 50.1 Å². The number of halogens is 2. The van der Waals surface area contributed by atoms with Crippen LogP contribution in [-0.4, -0.2) is 100 Å². The van der Waals surface area contributed by atoms with Gasteiger partial charge in [-0.25, -0.2) is 14.6 Å². The van der Waals surface area contributed by atoms with Gasteiger partial charge in [0.25, 0.3) is 0 Å². The lowest BCUT2D eigenvalue weighted by Gasteiger charge is -2.36. The number of aryl methyl sites for hydroxylation is 1. The molecule has 4 heterocycles. The second kappa shape index (κ2) is 16.2. The number of hydrogen-bond acceptors (Lipinski definition) is 8. The highest BCUT2D eigenvalue weighted by atomic mass is 35.5. The molecule has 0 radical (unpaired) electrons. The van der Waals surface area contributed by atoms with Gasteiger partial charge in [0.1, 0.15) is 0 Å². The topological polar surface area (TPSA) is 126 Å². The Morgan fingerprint density at radius 3 is 2.04 bits per heavy atom. The third kappa shape index (κ3) is 8.49. The van der Waals surface area contributed by atoms with Crippen LogP contribution in [0.25, 0.3) is 0 Å². The molecule has 3 aliphatic heterocycles. The number of hydrogen-bond donors (Lipinski definition) is 3. The van der Waals surface area contributed by atoms with Crippen molar-refractivity contribution >= 4 is 52.4 Å². The predicted octanol–water partition coefficient (Wildman–Crippen LogP) is 5.25. The van der Waals surface area contributed by atoms with Gasteiger partial charge in [0.15, 0.2) is 0 Å². The van der Waals surface area contributed by atoms with E-state index in [1.54, 1.807) is 29.3 Å². The molecule has 1 aromatic heterocycles. The largest absolute Gasteiger partial charge is 0.478 e. The summed E-state index contributed by atoms with van der Waals surface area (Å²) in [6.45, 7) is 7.18. The molecule has 2 fully saturated rings. The fraction of sp³-hybridized carbons (Fsp3) is 0.515. The van der Waals surface area contributed by atoms with Crippen molar-refractivity contribution in [1.29, 1.82) is 0 Å². The lowest BCUT2D eigenvalue weighted by Crippen LogP contribution is -2.49. The lowest BCUT2D eigenvalue weighted by molar-refractivity contribution is -0.133. The zero-order valence-electron chi connectivity index (χ0n) is 25.9. The minimum absolute atomic E-state index is 0.147. The number of carbonyl (C=O) groups excluding carboxylic acids is 1. The van der Waals surface area contributed by atoms with E-state index < -0.39 is 17.9 Å². The number of carboxylic acid groups (broad SMARTS) is 2. The van der Waals surface area contributed by atoms with Gasteiger partial charge in [-0.15, -0.1) is 11.3 Å². The van der Waals surface area contributed by atoms with Crippen LogP contribution in [0.3, 0.4) is 0 Å². The SMILES string of the molecule is O=C(O)C1=C(CCc2nccs2)NC(CC(=O)N2CCN(CCCCN3CCCCC3)CC2)=C(C(=O)O)C1c1c(Cl)cccc1Cl. The Labute approximate surface area is 283 Å². The zero-order chi connectivity index (χ0) is 32.6. The number of amides is 1. The normalized spacial score (nSPS) is 19.8. The van der Waals surface area contributed by atoms with Crippen molar-refractivity contribution in [3.05, 3.63) is 72.9 Å². The van der Waals surface area contributed by atoms with Crippen molar-refractivity contribution in [2.75, 3.05) is 52.4 Å². The van der Waals surface area contributed by atoms with E-state index in [-0.39, 0.29) is 51.2 Å². The van der Waals surface area contributed by atoms with Crippen LogP contribution in [-0.2, 0) is 20.8 Å². The monoisotopic (exact) mass is 689 g/mol. The van der Waals surface area contributed by atoms with Gasteiger partial charge in [-0.05, 0) is 70.4 Å². The van der Waals surface area contributed by atoms with E-state index in [0.29, 0.717) is 25.2 Å². The van der Waals surface area contributed by atoms with Crippen LogP contribution in [0.4, 0.5) is 0 Å². The maximum absolute atomic E-state index is 13.7. The number of nitrogens with one attached hydrogen (secondary N) is 1. The zero-order valence-corrected chi connectivity index (χ0v) is 28.2. The predicted molar refractivity (Wildman–Crippen MR) is 179 cm³/mol. The van der Waals surface area contributed by atoms with E-state index >= 15 is 0 Å². The summed E-state index contributed by atoms with van der Waals surface area (Å²) in [4.78, 5) is 50.3. The number of carbonyl (C=O) groups is 3. The van der Waals surface area contributed by atoms with Crippen LogP contribution < -0.4 is 5.32 Å². The third-order valence-electron chi connectivity index (χ3n) is 9.05. The number of aliphatic carboxylic acids is 2. The molecule has 5 rings (SSSR count). The number of thiazole rings is 1. The van der Waals surface area contributed by atoms with Crippen molar-refractivity contribution in [2.45, 2.75) is 57.3 Å². The second-order valence-electron chi connectivity index (χ2n) is 12.0. The van der Waals surface area contributed by atoms with Gasteiger partial charge in [-0.3, -0.25) is 9.69 Å². The number of piperidine rings is 1. The van der Waals surface area contributed by atoms with Crippen LogP contribution in [0.5, 0.6) is 0 Å². The average molecular weight is 691 g/mol. The van der Waals surface area contributed by atoms with Crippen LogP contribution >= 0.6 is 34.5 Å². The van der Waals surface area contributed by atoms with Gasteiger partial charge in [0, 0.05) is 71.2 Å². The van der Waals surface area contributed by atoms with Crippen LogP contribution in [0.2, 0.25) is 10.0 Å². The summed E-state index contributed by atoms with van der Waals surface area (Å²) in [5, 5.41) is 26.9. The van der Waals surface area contributed by atoms with Crippen molar-refractivity contribution in [1.82, 2.24) is 25.0 Å². The van der Waals surface area contributed by atoms with E-state index in [0.717, 1.165) is 37.6 Å². The number of piperazine rings is 1. The van der Waals surface area contributed by atoms with E-state index in [9.17, 15) is 24.6 Å². The minimum Gasteiger partial charge on any atom is -0.478 e. The molecular weight excluding hydrogens is 649 g/mol. The van der Waals surface area contributed by atoms with Gasteiger partial charge in [-0.2, -0.15) is 0 Å². The van der Waals surface area contributed by atoms with Gasteiger partial charge in [0.2, 0.25) is 5.91 Å². The fourth-order valence-corrected chi connectivity index (χ4v) is 7.91. The number of dihydropyridines is 1. The Morgan fingerprint density at radius 2 is 1.46 bits per heavy atom. The summed E-state index contributed by atoms with van der Waals surface area (Å²) >= 11 is 14.6. The number of rotatable bonds is 13. The second-order valence-corrected chi connectivity index (χ2v) is 13.8. The summed E-state index contributed by atoms with van der Waals surface area (Å²) in [5.41, 5.74) is 0.247. The number of aromatic nitrogens is 1. The molecule has 3 aliphatic rings. The number of unbranched alkanes of at least 4 members (excludes halogenated alkanes) is 1. The molecule has 13 heteroatoms. The lowest BCUT2D eigenvalue weighted by atomic mass is 9.79. The molecule has 0 spiro atoms. The number of benzene rings is 1. The first-order valence-corrected chi connectivity index (χ1v) is 17.6. The molecule has 10 nitrogen and oxygen atoms in total. The van der Waals surface area contributed by atoms with Gasteiger partial charge in [-0.1, -0.05) is 35.7 Å². The van der Waals surface area contributed by atoms with Gasteiger partial charge >= 0.3 is 11.9 Å². The van der Waals surface area contributed by atoms with Crippen LogP contribution in [0, 0.1) is 0 Å². The summed E-state index contributed by atoms with van der Waals surface area (Å²) < 4.78 is 0. The molecule has 0 aliphatic carbocycles. The van der Waals surface area contributed by atoms with E-state index in [1.807, 2.05) is 5.38 Å². The van der Waals surface area contributed by atoms with Gasteiger partial charge in [0.05, 0.1) is 28.5 Å². The molecular formula is C33H41Cl2N5O5S. The molecule has 248 valence electrons. The molecule has 1 atom stereocenters. The quantitative estimate of drug-likeness (QED) is 0.242. The van der Waals surface area contributed by atoms with Crippen LogP contribution in [0.15, 0.2) is 52.3 Å².